The van der Waals surface area contributed by atoms with Crippen molar-refractivity contribution in [1.29, 1.82) is 0 Å². The van der Waals surface area contributed by atoms with E-state index in [-0.39, 0.29) is 25.7 Å². The number of hydrogen-bond acceptors (Lipinski definition) is 8. The number of benzene rings is 2. The van der Waals surface area contributed by atoms with Gasteiger partial charge in [0, 0.05) is 28.2 Å². The SMILES string of the molecule is O=C(NO)Sc1ccc(OCCNC(=O)c2oc3ccccc3c2CSCCCO)cc1. The molecule has 3 rings (SSSR count). The van der Waals surface area contributed by atoms with Crippen molar-refractivity contribution in [2.45, 2.75) is 17.1 Å². The highest BCUT2D eigenvalue weighted by Crippen LogP contribution is 2.29. The lowest BCUT2D eigenvalue weighted by atomic mass is 10.1. The van der Waals surface area contributed by atoms with Crippen LogP contribution in [-0.2, 0) is 5.75 Å². The average Bonchev–Trinajstić information content (AvgIpc) is 3.19. The Morgan fingerprint density at radius 2 is 1.88 bits per heavy atom. The first-order valence-corrected chi connectivity index (χ1v) is 11.9. The van der Waals surface area contributed by atoms with Crippen LogP contribution < -0.4 is 15.5 Å². The number of furan rings is 1. The summed E-state index contributed by atoms with van der Waals surface area (Å²) in [5.41, 5.74) is 3.07. The predicted octanol–water partition coefficient (Wildman–Crippen LogP) is 4.05. The summed E-state index contributed by atoms with van der Waals surface area (Å²) < 4.78 is 11.4. The Morgan fingerprint density at radius 3 is 2.62 bits per heavy atom. The number of para-hydroxylation sites is 1. The summed E-state index contributed by atoms with van der Waals surface area (Å²) in [7, 11) is 0. The van der Waals surface area contributed by atoms with Gasteiger partial charge in [-0.15, -0.1) is 0 Å². The third-order valence-corrected chi connectivity index (χ3v) is 6.23. The van der Waals surface area contributed by atoms with E-state index in [1.54, 1.807) is 41.5 Å². The van der Waals surface area contributed by atoms with Crippen LogP contribution in [0.3, 0.4) is 0 Å². The van der Waals surface area contributed by atoms with Gasteiger partial charge in [-0.1, -0.05) is 18.2 Å². The van der Waals surface area contributed by atoms with Gasteiger partial charge in [0.05, 0.1) is 6.54 Å². The molecule has 0 unspecified atom stereocenters. The molecule has 2 amide bonds. The number of amides is 2. The first-order chi connectivity index (χ1) is 15.6. The van der Waals surface area contributed by atoms with Crippen molar-refractivity contribution in [1.82, 2.24) is 10.8 Å². The number of carbonyl (C=O) groups is 2. The molecule has 0 bridgehead atoms. The minimum Gasteiger partial charge on any atom is -0.492 e. The molecular weight excluding hydrogens is 452 g/mol. The Kier molecular flexibility index (Phi) is 9.29. The fourth-order valence-electron chi connectivity index (χ4n) is 2.91. The first kappa shape index (κ1) is 24.0. The molecule has 8 nitrogen and oxygen atoms in total. The van der Waals surface area contributed by atoms with Crippen LogP contribution in [-0.4, -0.2) is 47.0 Å². The zero-order valence-corrected chi connectivity index (χ0v) is 18.8. The largest absolute Gasteiger partial charge is 0.492 e. The van der Waals surface area contributed by atoms with E-state index in [9.17, 15) is 9.59 Å². The van der Waals surface area contributed by atoms with Crippen LogP contribution in [0.5, 0.6) is 5.75 Å². The van der Waals surface area contributed by atoms with E-state index in [4.69, 9.17) is 19.5 Å². The van der Waals surface area contributed by atoms with Crippen LogP contribution in [0.15, 0.2) is 57.8 Å². The van der Waals surface area contributed by atoms with E-state index in [0.717, 1.165) is 28.5 Å². The van der Waals surface area contributed by atoms with Crippen molar-refractivity contribution in [3.05, 3.63) is 59.9 Å². The number of thioether (sulfide) groups is 2. The van der Waals surface area contributed by atoms with Crippen LogP contribution >= 0.6 is 23.5 Å². The summed E-state index contributed by atoms with van der Waals surface area (Å²) in [6.45, 7) is 0.693. The number of hydroxylamine groups is 1. The van der Waals surface area contributed by atoms with Crippen molar-refractivity contribution in [3.8, 4) is 5.75 Å². The zero-order valence-electron chi connectivity index (χ0n) is 17.2. The Bertz CT molecular complexity index is 1040. The number of rotatable bonds is 11. The first-order valence-electron chi connectivity index (χ1n) is 9.94. The normalized spacial score (nSPS) is 10.8. The molecule has 170 valence electrons. The Morgan fingerprint density at radius 1 is 1.09 bits per heavy atom. The van der Waals surface area contributed by atoms with E-state index < -0.39 is 5.24 Å². The molecular formula is C22H24N2O6S2. The van der Waals surface area contributed by atoms with Crippen LogP contribution in [0.25, 0.3) is 11.0 Å². The summed E-state index contributed by atoms with van der Waals surface area (Å²) in [6, 6.07) is 14.4. The molecule has 0 atom stereocenters. The topological polar surface area (TPSA) is 121 Å². The smallest absolute Gasteiger partial charge is 0.307 e. The van der Waals surface area contributed by atoms with Gasteiger partial charge < -0.3 is 19.6 Å². The Labute approximate surface area is 193 Å². The molecule has 4 N–H and O–H groups in total. The van der Waals surface area contributed by atoms with Crippen molar-refractivity contribution in [2.75, 3.05) is 25.5 Å². The number of carbonyl (C=O) groups excluding carboxylic acids is 2. The van der Waals surface area contributed by atoms with Gasteiger partial charge in [0.15, 0.2) is 5.76 Å². The molecule has 1 heterocycles. The lowest BCUT2D eigenvalue weighted by Gasteiger charge is -2.08. The third-order valence-electron chi connectivity index (χ3n) is 4.38. The van der Waals surface area contributed by atoms with Gasteiger partial charge in [-0.25, -0.2) is 5.48 Å². The van der Waals surface area contributed by atoms with Crippen molar-refractivity contribution in [3.63, 3.8) is 0 Å². The highest BCUT2D eigenvalue weighted by molar-refractivity contribution is 8.13. The van der Waals surface area contributed by atoms with Gasteiger partial charge in [-0.2, -0.15) is 11.8 Å². The number of fused-ring (bicyclic) bond motifs is 1. The fourth-order valence-corrected chi connectivity index (χ4v) is 4.41. The molecule has 0 fully saturated rings. The maximum Gasteiger partial charge on any atom is 0.307 e. The summed E-state index contributed by atoms with van der Waals surface area (Å²) >= 11 is 2.50. The van der Waals surface area contributed by atoms with E-state index in [0.29, 0.717) is 34.2 Å². The number of hydrogen-bond donors (Lipinski definition) is 4. The van der Waals surface area contributed by atoms with Gasteiger partial charge in [0.1, 0.15) is 17.9 Å². The number of ether oxygens (including phenoxy) is 1. The summed E-state index contributed by atoms with van der Waals surface area (Å²) in [5.74, 6) is 2.01. The van der Waals surface area contributed by atoms with Crippen LogP contribution in [0.1, 0.15) is 22.5 Å². The quantitative estimate of drug-likeness (QED) is 0.142. The van der Waals surface area contributed by atoms with Crippen molar-refractivity contribution >= 4 is 45.6 Å². The molecule has 1 aromatic heterocycles. The maximum atomic E-state index is 12.7. The van der Waals surface area contributed by atoms with E-state index in [1.165, 1.54) is 0 Å². The highest BCUT2D eigenvalue weighted by Gasteiger charge is 2.20. The molecule has 0 aliphatic rings. The summed E-state index contributed by atoms with van der Waals surface area (Å²) in [4.78, 5) is 24.5. The molecule has 0 aliphatic heterocycles. The fraction of sp³-hybridized carbons (Fsp3) is 0.273. The second kappa shape index (κ2) is 12.4. The molecule has 32 heavy (non-hydrogen) atoms. The van der Waals surface area contributed by atoms with Gasteiger partial charge in [0.25, 0.3) is 5.91 Å². The third kappa shape index (κ3) is 6.67. The van der Waals surface area contributed by atoms with Gasteiger partial charge >= 0.3 is 5.24 Å². The molecule has 0 radical (unpaired) electrons. The molecule has 0 saturated carbocycles. The summed E-state index contributed by atoms with van der Waals surface area (Å²) in [5, 5.41) is 20.7. The summed E-state index contributed by atoms with van der Waals surface area (Å²) in [6.07, 6.45) is 0.702. The average molecular weight is 477 g/mol. The Balaban J connectivity index is 1.54. The molecule has 2 aromatic carbocycles. The highest BCUT2D eigenvalue weighted by atomic mass is 32.2. The monoisotopic (exact) mass is 476 g/mol. The lowest BCUT2D eigenvalue weighted by Crippen LogP contribution is -2.28. The van der Waals surface area contributed by atoms with E-state index in [1.807, 2.05) is 24.3 Å². The number of nitrogens with one attached hydrogen (secondary N) is 2. The zero-order chi connectivity index (χ0) is 22.8. The minimum absolute atomic E-state index is 0.145. The van der Waals surface area contributed by atoms with Crippen molar-refractivity contribution < 1.29 is 29.1 Å². The number of aliphatic hydroxyl groups excluding tert-OH is 1. The lowest BCUT2D eigenvalue weighted by molar-refractivity contribution is 0.0920. The van der Waals surface area contributed by atoms with Gasteiger partial charge in [-0.05, 0) is 54.3 Å². The van der Waals surface area contributed by atoms with Gasteiger partial charge in [-0.3, -0.25) is 14.8 Å². The molecule has 0 saturated heterocycles. The van der Waals surface area contributed by atoms with E-state index in [2.05, 4.69) is 5.32 Å². The predicted molar refractivity (Wildman–Crippen MR) is 125 cm³/mol. The van der Waals surface area contributed by atoms with Crippen LogP contribution in [0.4, 0.5) is 4.79 Å². The molecule has 3 aromatic rings. The second-order valence-electron chi connectivity index (χ2n) is 6.61. The molecule has 0 spiro atoms. The van der Waals surface area contributed by atoms with Gasteiger partial charge in [0.2, 0.25) is 0 Å². The second-order valence-corrected chi connectivity index (χ2v) is 8.76. The minimum atomic E-state index is -0.571. The maximum absolute atomic E-state index is 12.7. The molecule has 0 aliphatic carbocycles. The Hall–Kier alpha value is -2.66. The number of aliphatic hydroxyl groups is 1. The van der Waals surface area contributed by atoms with E-state index >= 15 is 0 Å². The molecule has 10 heteroatoms. The van der Waals surface area contributed by atoms with Crippen molar-refractivity contribution in [2.24, 2.45) is 0 Å². The standard InChI is InChI=1S/C22H24N2O6S2/c25-11-3-13-31-14-18-17-4-1-2-5-19(17)30-20(18)21(26)23-10-12-29-15-6-8-16(9-7-15)32-22(27)24-28/h1-2,4-9,25,28H,3,10-14H2,(H,23,26)(H,24,27). The van der Waals surface area contributed by atoms with Crippen LogP contribution in [0, 0.1) is 0 Å². The van der Waals surface area contributed by atoms with Crippen LogP contribution in [0.2, 0.25) is 0 Å².